The van der Waals surface area contributed by atoms with Crippen molar-refractivity contribution in [3.8, 4) is 0 Å². The van der Waals surface area contributed by atoms with Gasteiger partial charge in [-0.3, -0.25) is 9.59 Å². The minimum absolute atomic E-state index is 0.138. The molecule has 4 nitrogen and oxygen atoms in total. The molecular weight excluding hydrogens is 362 g/mol. The molecule has 142 valence electrons. The van der Waals surface area contributed by atoms with Gasteiger partial charge in [-0.1, -0.05) is 35.9 Å². The van der Waals surface area contributed by atoms with Crippen LogP contribution in [0.5, 0.6) is 0 Å². The summed E-state index contributed by atoms with van der Waals surface area (Å²) in [6.45, 7) is 2.34. The van der Waals surface area contributed by atoms with Crippen LogP contribution in [0.4, 0.5) is 14.5 Å². The van der Waals surface area contributed by atoms with Crippen LogP contribution in [0.15, 0.2) is 66.7 Å². The lowest BCUT2D eigenvalue weighted by Gasteiger charge is -2.09. The van der Waals surface area contributed by atoms with E-state index in [9.17, 15) is 18.4 Å². The molecule has 0 aliphatic rings. The number of carbonyl (C=O) groups excluding carboxylic acids is 2. The Morgan fingerprint density at radius 2 is 1.54 bits per heavy atom. The molecular formula is C22H18F2N2O2. The lowest BCUT2D eigenvalue weighted by atomic mass is 10.1. The zero-order chi connectivity index (χ0) is 20.1. The van der Waals surface area contributed by atoms with Gasteiger partial charge in [0.1, 0.15) is 11.6 Å². The van der Waals surface area contributed by atoms with Crippen LogP contribution in [-0.2, 0) is 6.54 Å². The van der Waals surface area contributed by atoms with Gasteiger partial charge < -0.3 is 10.6 Å². The zero-order valence-corrected chi connectivity index (χ0v) is 15.1. The standard InChI is InChI=1S/C22H18F2N2O2/c1-14-5-7-15(8-6-14)13-25-21(27)16-3-2-4-17(11-16)22(28)26-20-10-9-18(23)12-19(20)24/h2-12H,13H2,1H3,(H,25,27)(H,26,28). The molecule has 0 fully saturated rings. The van der Waals surface area contributed by atoms with Crippen molar-refractivity contribution in [3.05, 3.63) is 101 Å². The Labute approximate surface area is 161 Å². The molecule has 0 radical (unpaired) electrons. The first-order valence-corrected chi connectivity index (χ1v) is 8.62. The van der Waals surface area contributed by atoms with Crippen molar-refractivity contribution in [1.29, 1.82) is 0 Å². The summed E-state index contributed by atoms with van der Waals surface area (Å²) in [5.74, 6) is -2.54. The summed E-state index contributed by atoms with van der Waals surface area (Å²) < 4.78 is 26.7. The van der Waals surface area contributed by atoms with Crippen LogP contribution in [0.3, 0.4) is 0 Å². The molecule has 0 aliphatic carbocycles. The fraction of sp³-hybridized carbons (Fsp3) is 0.0909. The van der Waals surface area contributed by atoms with E-state index in [0.717, 1.165) is 23.3 Å². The molecule has 0 heterocycles. The highest BCUT2D eigenvalue weighted by Gasteiger charge is 2.13. The molecule has 6 heteroatoms. The van der Waals surface area contributed by atoms with Crippen molar-refractivity contribution < 1.29 is 18.4 Å². The van der Waals surface area contributed by atoms with E-state index < -0.39 is 17.5 Å². The molecule has 28 heavy (non-hydrogen) atoms. The highest BCUT2D eigenvalue weighted by atomic mass is 19.1. The van der Waals surface area contributed by atoms with Crippen LogP contribution in [-0.4, -0.2) is 11.8 Å². The van der Waals surface area contributed by atoms with E-state index in [0.29, 0.717) is 18.2 Å². The second kappa shape index (κ2) is 8.43. The number of hydrogen-bond acceptors (Lipinski definition) is 2. The van der Waals surface area contributed by atoms with Gasteiger partial charge >= 0.3 is 0 Å². The number of aryl methyl sites for hydroxylation is 1. The molecule has 3 rings (SSSR count). The van der Waals surface area contributed by atoms with Crippen molar-refractivity contribution in [2.75, 3.05) is 5.32 Å². The average Bonchev–Trinajstić information content (AvgIpc) is 2.69. The summed E-state index contributed by atoms with van der Waals surface area (Å²) in [5, 5.41) is 5.16. The average molecular weight is 380 g/mol. The number of rotatable bonds is 5. The lowest BCUT2D eigenvalue weighted by Crippen LogP contribution is -2.23. The molecule has 0 saturated heterocycles. The van der Waals surface area contributed by atoms with Crippen molar-refractivity contribution in [2.24, 2.45) is 0 Å². The van der Waals surface area contributed by atoms with Gasteiger partial charge in [0.05, 0.1) is 5.69 Å². The third kappa shape index (κ3) is 4.79. The molecule has 0 bridgehead atoms. The summed E-state index contributed by atoms with van der Waals surface area (Å²) >= 11 is 0. The number of amides is 2. The number of benzene rings is 3. The maximum Gasteiger partial charge on any atom is 0.255 e. The van der Waals surface area contributed by atoms with Gasteiger partial charge in [0, 0.05) is 23.7 Å². The van der Waals surface area contributed by atoms with Crippen LogP contribution in [0.2, 0.25) is 0 Å². The van der Waals surface area contributed by atoms with Crippen LogP contribution < -0.4 is 10.6 Å². The maximum atomic E-state index is 13.7. The van der Waals surface area contributed by atoms with Gasteiger partial charge in [-0.05, 0) is 42.8 Å². The smallest absolute Gasteiger partial charge is 0.255 e. The summed E-state index contributed by atoms with van der Waals surface area (Å²) in [5.41, 5.74) is 2.44. The maximum absolute atomic E-state index is 13.7. The minimum atomic E-state index is -0.875. The third-order valence-electron chi connectivity index (χ3n) is 4.14. The highest BCUT2D eigenvalue weighted by molar-refractivity contribution is 6.06. The highest BCUT2D eigenvalue weighted by Crippen LogP contribution is 2.16. The molecule has 3 aromatic carbocycles. The van der Waals surface area contributed by atoms with Crippen LogP contribution >= 0.6 is 0 Å². The van der Waals surface area contributed by atoms with E-state index in [1.54, 1.807) is 12.1 Å². The number of carbonyl (C=O) groups is 2. The van der Waals surface area contributed by atoms with E-state index in [1.165, 1.54) is 12.1 Å². The van der Waals surface area contributed by atoms with Crippen LogP contribution in [0, 0.1) is 18.6 Å². The Hall–Kier alpha value is -3.54. The first-order chi connectivity index (χ1) is 13.4. The van der Waals surface area contributed by atoms with E-state index >= 15 is 0 Å². The first kappa shape index (κ1) is 19.2. The number of halogens is 2. The summed E-state index contributed by atoms with van der Waals surface area (Å²) in [6.07, 6.45) is 0. The van der Waals surface area contributed by atoms with Gasteiger partial charge in [-0.25, -0.2) is 8.78 Å². The molecule has 0 unspecified atom stereocenters. The number of anilines is 1. The topological polar surface area (TPSA) is 58.2 Å². The SMILES string of the molecule is Cc1ccc(CNC(=O)c2cccc(C(=O)Nc3ccc(F)cc3F)c2)cc1. The quantitative estimate of drug-likeness (QED) is 0.687. The monoisotopic (exact) mass is 380 g/mol. The number of nitrogens with one attached hydrogen (secondary N) is 2. The molecule has 0 atom stereocenters. The van der Waals surface area contributed by atoms with E-state index in [-0.39, 0.29) is 17.2 Å². The lowest BCUT2D eigenvalue weighted by molar-refractivity contribution is 0.0951. The third-order valence-corrected chi connectivity index (χ3v) is 4.14. The fourth-order valence-electron chi connectivity index (χ4n) is 2.58. The Kier molecular flexibility index (Phi) is 5.79. The summed E-state index contributed by atoms with van der Waals surface area (Å²) in [4.78, 5) is 24.7. The summed E-state index contributed by atoms with van der Waals surface area (Å²) in [7, 11) is 0. The predicted octanol–water partition coefficient (Wildman–Crippen LogP) is 4.46. The Morgan fingerprint density at radius 3 is 2.21 bits per heavy atom. The van der Waals surface area contributed by atoms with Crippen molar-refractivity contribution >= 4 is 17.5 Å². The van der Waals surface area contributed by atoms with Gasteiger partial charge in [-0.15, -0.1) is 0 Å². The van der Waals surface area contributed by atoms with Crippen LogP contribution in [0.1, 0.15) is 31.8 Å². The van der Waals surface area contributed by atoms with Gasteiger partial charge in [0.25, 0.3) is 11.8 Å². The molecule has 2 N–H and O–H groups in total. The molecule has 0 saturated carbocycles. The number of hydrogen-bond donors (Lipinski definition) is 2. The van der Waals surface area contributed by atoms with Crippen molar-refractivity contribution in [3.63, 3.8) is 0 Å². The molecule has 0 aromatic heterocycles. The van der Waals surface area contributed by atoms with Crippen LogP contribution in [0.25, 0.3) is 0 Å². The summed E-state index contributed by atoms with van der Waals surface area (Å²) in [6, 6.07) is 16.7. The predicted molar refractivity (Wildman–Crippen MR) is 103 cm³/mol. The van der Waals surface area contributed by atoms with Gasteiger partial charge in [0.2, 0.25) is 0 Å². The Morgan fingerprint density at radius 1 is 0.857 bits per heavy atom. The minimum Gasteiger partial charge on any atom is -0.348 e. The molecule has 0 spiro atoms. The van der Waals surface area contributed by atoms with Gasteiger partial charge in [0.15, 0.2) is 0 Å². The zero-order valence-electron chi connectivity index (χ0n) is 15.1. The molecule has 0 aliphatic heterocycles. The van der Waals surface area contributed by atoms with Crippen molar-refractivity contribution in [1.82, 2.24) is 5.32 Å². The molecule has 3 aromatic rings. The van der Waals surface area contributed by atoms with E-state index in [2.05, 4.69) is 10.6 Å². The van der Waals surface area contributed by atoms with Crippen molar-refractivity contribution in [2.45, 2.75) is 13.5 Å². The van der Waals surface area contributed by atoms with Gasteiger partial charge in [-0.2, -0.15) is 0 Å². The largest absolute Gasteiger partial charge is 0.348 e. The Balaban J connectivity index is 1.67. The second-order valence-electron chi connectivity index (χ2n) is 6.33. The first-order valence-electron chi connectivity index (χ1n) is 8.62. The Bertz CT molecular complexity index is 1020. The molecule has 2 amide bonds. The normalized spacial score (nSPS) is 10.4. The van der Waals surface area contributed by atoms with E-state index in [1.807, 2.05) is 31.2 Å². The van der Waals surface area contributed by atoms with E-state index in [4.69, 9.17) is 0 Å². The fourth-order valence-corrected chi connectivity index (χ4v) is 2.58. The second-order valence-corrected chi connectivity index (χ2v) is 6.33.